The molecule has 52 heavy (non-hydrogen) atoms. The van der Waals surface area contributed by atoms with Crippen LogP contribution in [0.15, 0.2) is 12.5 Å². The number of ether oxygens (including phenoxy) is 3. The lowest BCUT2D eigenvalue weighted by atomic mass is 9.46. The number of imidazole rings is 1. The largest absolute Gasteiger partial charge is 0.480 e. The lowest BCUT2D eigenvalue weighted by Gasteiger charge is -2.60. The molecular formula is C41H70N4O7. The highest BCUT2D eigenvalue weighted by molar-refractivity contribution is 5.83. The van der Waals surface area contributed by atoms with Gasteiger partial charge in [0.2, 0.25) is 5.91 Å². The van der Waals surface area contributed by atoms with Crippen molar-refractivity contribution in [3.8, 4) is 0 Å². The van der Waals surface area contributed by atoms with Gasteiger partial charge in [-0.2, -0.15) is 0 Å². The monoisotopic (exact) mass is 731 g/mol. The van der Waals surface area contributed by atoms with Gasteiger partial charge in [0.25, 0.3) is 0 Å². The Balaban J connectivity index is 0.00000105. The van der Waals surface area contributed by atoms with Crippen LogP contribution < -0.4 is 5.32 Å². The number of carbonyl (C=O) groups excluding carboxylic acids is 1. The molecule has 11 nitrogen and oxygen atoms in total. The summed E-state index contributed by atoms with van der Waals surface area (Å²) in [5.74, 6) is 1.84. The summed E-state index contributed by atoms with van der Waals surface area (Å²) in [7, 11) is 1.00. The minimum absolute atomic E-state index is 0. The lowest BCUT2D eigenvalue weighted by Crippen LogP contribution is -2.56. The van der Waals surface area contributed by atoms with Crippen LogP contribution in [-0.2, 0) is 30.2 Å². The molecule has 12 atom stereocenters. The molecule has 2 saturated heterocycles. The summed E-state index contributed by atoms with van der Waals surface area (Å²) in [4.78, 5) is 33.6. The Hall–Kier alpha value is -2.05. The van der Waals surface area contributed by atoms with Crippen LogP contribution in [0.4, 0.5) is 0 Å². The smallest absolute Gasteiger partial charge is 0.326 e. The van der Waals surface area contributed by atoms with E-state index in [0.29, 0.717) is 59.8 Å². The molecule has 2 aliphatic heterocycles. The van der Waals surface area contributed by atoms with Gasteiger partial charge in [0.05, 0.1) is 31.2 Å². The minimum atomic E-state index is -1.05. The summed E-state index contributed by atoms with van der Waals surface area (Å²) < 4.78 is 19.7. The topological polar surface area (TPSA) is 146 Å². The van der Waals surface area contributed by atoms with Crippen LogP contribution in [-0.4, -0.2) is 101 Å². The SMILES string of the molecule is CC.CC1CCC2C(CC3C4CCC5C(C)(C)[C@@H](OC6CN(CCC(=O)NC(Cc7cnc[nH]7)C(=O)O)CCO6)CC[C@@]56C[C@@]46CCC23C)O1.CO.[HH]. The Morgan fingerprint density at radius 3 is 2.58 bits per heavy atom. The average molecular weight is 731 g/mol. The van der Waals surface area contributed by atoms with E-state index in [1.165, 1.54) is 64.1 Å². The van der Waals surface area contributed by atoms with Gasteiger partial charge >= 0.3 is 5.97 Å². The average Bonchev–Trinajstić information content (AvgIpc) is 3.35. The first-order chi connectivity index (χ1) is 24.9. The van der Waals surface area contributed by atoms with Gasteiger partial charge in [-0.05, 0) is 116 Å². The molecule has 2 spiro atoms. The van der Waals surface area contributed by atoms with Gasteiger partial charge in [0, 0.05) is 52.9 Å². The van der Waals surface area contributed by atoms with Gasteiger partial charge in [0.1, 0.15) is 6.04 Å². The molecule has 7 fully saturated rings. The predicted molar refractivity (Wildman–Crippen MR) is 200 cm³/mol. The number of amides is 1. The molecule has 1 amide bonds. The molecule has 7 aliphatic rings. The number of carboxylic acid groups (broad SMARTS) is 1. The quantitative estimate of drug-likeness (QED) is 0.238. The van der Waals surface area contributed by atoms with Crippen molar-refractivity contribution in [2.75, 3.05) is 33.4 Å². The van der Waals surface area contributed by atoms with Gasteiger partial charge in [-0.3, -0.25) is 9.69 Å². The zero-order valence-corrected chi connectivity index (χ0v) is 33.0. The van der Waals surface area contributed by atoms with Crippen molar-refractivity contribution in [1.29, 1.82) is 0 Å². The normalized spacial score (nSPS) is 41.8. The van der Waals surface area contributed by atoms with E-state index in [0.717, 1.165) is 37.8 Å². The number of rotatable bonds is 9. The fourth-order valence-electron chi connectivity index (χ4n) is 13.1. The van der Waals surface area contributed by atoms with Crippen LogP contribution in [0.5, 0.6) is 0 Å². The van der Waals surface area contributed by atoms with E-state index in [1.807, 2.05) is 13.8 Å². The number of nitrogens with zero attached hydrogens (tertiary/aromatic N) is 2. The van der Waals surface area contributed by atoms with Gasteiger partial charge in [-0.15, -0.1) is 0 Å². The van der Waals surface area contributed by atoms with Gasteiger partial charge in [0.15, 0.2) is 6.29 Å². The number of nitrogens with one attached hydrogen (secondary N) is 2. The predicted octanol–water partition coefficient (Wildman–Crippen LogP) is 6.06. The number of aliphatic hydroxyl groups excluding tert-OH is 1. The standard InChI is InChI=1S/C38H58N4O6.C2H6.CH4O.H2/c1-23-5-6-26-29(47-23)18-27-25-7-8-30-35(2,3)31(9-11-38(30)21-37(25,38)13-12-36(26,27)4)48-33-20-42(15-16-46-33)14-10-32(43)41-28(34(44)45)17-24-19-39-22-40-24;2*1-2;/h19,22-23,25-31,33H,5-18,20-21H2,1-4H3,(H,39,40)(H,41,43)(H,44,45);1-2H3;2H,1H3;1H/t23?,25?,26?,27?,28?,29?,30?,31-,33?,36?,37-,38+;;;/m0.../s1. The zero-order chi connectivity index (χ0) is 37.5. The summed E-state index contributed by atoms with van der Waals surface area (Å²) in [5.41, 5.74) is 2.26. The lowest BCUT2D eigenvalue weighted by molar-refractivity contribution is -0.245. The van der Waals surface area contributed by atoms with E-state index in [-0.39, 0.29) is 38.0 Å². The van der Waals surface area contributed by atoms with Crippen LogP contribution in [0.25, 0.3) is 0 Å². The van der Waals surface area contributed by atoms with Crippen molar-refractivity contribution in [2.45, 2.75) is 149 Å². The molecule has 3 heterocycles. The Morgan fingerprint density at radius 1 is 1.08 bits per heavy atom. The fraction of sp³-hybridized carbons (Fsp3) is 0.878. The number of aliphatic hydroxyl groups is 1. The number of fused-ring (bicyclic) bond motifs is 4. The molecule has 9 unspecified atom stereocenters. The number of hydrogen-bond donors (Lipinski definition) is 4. The minimum Gasteiger partial charge on any atom is -0.480 e. The number of aliphatic carboxylic acids is 1. The van der Waals surface area contributed by atoms with Crippen molar-refractivity contribution >= 4 is 11.9 Å². The molecule has 0 bridgehead atoms. The highest BCUT2D eigenvalue weighted by Crippen LogP contribution is 2.87. The summed E-state index contributed by atoms with van der Waals surface area (Å²) in [6.45, 7) is 16.4. The second-order valence-electron chi connectivity index (χ2n) is 17.8. The number of aromatic amines is 1. The molecular weight excluding hydrogens is 660 g/mol. The maximum Gasteiger partial charge on any atom is 0.326 e. The van der Waals surface area contributed by atoms with E-state index >= 15 is 0 Å². The van der Waals surface area contributed by atoms with Gasteiger partial charge < -0.3 is 34.7 Å². The third-order valence-electron chi connectivity index (χ3n) is 15.4. The van der Waals surface area contributed by atoms with E-state index in [4.69, 9.17) is 19.3 Å². The molecule has 1 aromatic heterocycles. The van der Waals surface area contributed by atoms with Crippen LogP contribution in [0.2, 0.25) is 0 Å². The van der Waals surface area contributed by atoms with E-state index in [1.54, 1.807) is 6.20 Å². The number of H-pyrrole nitrogens is 1. The second kappa shape index (κ2) is 15.6. The van der Waals surface area contributed by atoms with Crippen LogP contribution in [0, 0.1) is 45.3 Å². The molecule has 11 heteroatoms. The molecule has 8 rings (SSSR count). The number of carboxylic acids is 1. The highest BCUT2D eigenvalue weighted by atomic mass is 16.7. The first-order valence-electron chi connectivity index (χ1n) is 20.5. The number of hydrogen-bond acceptors (Lipinski definition) is 8. The number of morpholine rings is 1. The maximum absolute atomic E-state index is 12.7. The van der Waals surface area contributed by atoms with E-state index in [9.17, 15) is 14.7 Å². The molecule has 1 aromatic rings. The summed E-state index contributed by atoms with van der Waals surface area (Å²) in [6.07, 6.45) is 17.5. The molecule has 5 saturated carbocycles. The second-order valence-corrected chi connectivity index (χ2v) is 17.8. The molecule has 0 radical (unpaired) electrons. The Morgan fingerprint density at radius 2 is 1.85 bits per heavy atom. The van der Waals surface area contributed by atoms with Crippen LogP contribution >= 0.6 is 0 Å². The Labute approximate surface area is 313 Å². The van der Waals surface area contributed by atoms with Gasteiger partial charge in [-0.25, -0.2) is 9.78 Å². The summed E-state index contributed by atoms with van der Waals surface area (Å²) in [5, 5.41) is 19.3. The fourth-order valence-corrected chi connectivity index (χ4v) is 13.1. The van der Waals surface area contributed by atoms with E-state index in [2.05, 4.69) is 47.9 Å². The Bertz CT molecular complexity index is 1380. The van der Waals surface area contributed by atoms with Crippen molar-refractivity contribution in [2.24, 2.45) is 45.3 Å². The van der Waals surface area contributed by atoms with Crippen molar-refractivity contribution in [3.63, 3.8) is 0 Å². The molecule has 4 N–H and O–H groups in total. The molecule has 5 aliphatic carbocycles. The first kappa shape index (κ1) is 39.6. The molecule has 296 valence electrons. The number of carbonyl (C=O) groups is 2. The van der Waals surface area contributed by atoms with Crippen molar-refractivity contribution < 1.29 is 35.4 Å². The van der Waals surface area contributed by atoms with Crippen molar-refractivity contribution in [1.82, 2.24) is 20.2 Å². The van der Waals surface area contributed by atoms with Crippen molar-refractivity contribution in [3.05, 3.63) is 18.2 Å². The Kier molecular flexibility index (Phi) is 11.9. The van der Waals surface area contributed by atoms with Crippen LogP contribution in [0.3, 0.4) is 0 Å². The first-order valence-corrected chi connectivity index (χ1v) is 20.5. The van der Waals surface area contributed by atoms with Gasteiger partial charge in [-0.1, -0.05) is 34.6 Å². The maximum atomic E-state index is 12.7. The third kappa shape index (κ3) is 6.88. The summed E-state index contributed by atoms with van der Waals surface area (Å²) >= 11 is 0. The van der Waals surface area contributed by atoms with Crippen LogP contribution in [0.1, 0.15) is 119 Å². The zero-order valence-electron chi connectivity index (χ0n) is 33.0. The number of aromatic nitrogens is 2. The third-order valence-corrected chi connectivity index (χ3v) is 15.4. The molecule has 0 aromatic carbocycles. The highest BCUT2D eigenvalue weighted by Gasteiger charge is 2.80. The summed E-state index contributed by atoms with van der Waals surface area (Å²) in [6, 6.07) is -0.991. The van der Waals surface area contributed by atoms with E-state index < -0.39 is 12.0 Å².